The van der Waals surface area contributed by atoms with Crippen LogP contribution in [0.2, 0.25) is 0 Å². The van der Waals surface area contributed by atoms with Gasteiger partial charge in [0.2, 0.25) is 0 Å². The fourth-order valence-corrected chi connectivity index (χ4v) is 2.01. The van der Waals surface area contributed by atoms with Gasteiger partial charge in [0.05, 0.1) is 11.1 Å². The average Bonchev–Trinajstić information content (AvgIpc) is 2.40. The Morgan fingerprint density at radius 2 is 1.44 bits per heavy atom. The van der Waals surface area contributed by atoms with Crippen LogP contribution >= 0.6 is 22.6 Å². The monoisotopic (exact) mass is 352 g/mol. The number of carbonyl (C=O) groups is 2. The highest BCUT2D eigenvalue weighted by atomic mass is 127. The van der Waals surface area contributed by atoms with Crippen LogP contribution in [0.15, 0.2) is 54.6 Å². The van der Waals surface area contributed by atoms with Gasteiger partial charge in [-0.05, 0) is 46.9 Å². The van der Waals surface area contributed by atoms with Gasteiger partial charge in [0.15, 0.2) is 0 Å². The molecule has 0 radical (unpaired) electrons. The predicted molar refractivity (Wildman–Crippen MR) is 75.3 cm³/mol. The maximum Gasteiger partial charge on any atom is 0.347 e. The lowest BCUT2D eigenvalue weighted by Crippen LogP contribution is -2.13. The Labute approximate surface area is 118 Å². The largest absolute Gasteiger partial charge is 0.386 e. The maximum absolute atomic E-state index is 11.8. The summed E-state index contributed by atoms with van der Waals surface area (Å²) in [6.07, 6.45) is 0. The van der Waals surface area contributed by atoms with Gasteiger partial charge in [-0.2, -0.15) is 0 Å². The van der Waals surface area contributed by atoms with E-state index in [0.717, 1.165) is 3.57 Å². The van der Waals surface area contributed by atoms with Gasteiger partial charge in [0, 0.05) is 3.57 Å². The van der Waals surface area contributed by atoms with E-state index in [9.17, 15) is 9.59 Å². The fourth-order valence-electron chi connectivity index (χ4n) is 1.40. The van der Waals surface area contributed by atoms with Crippen molar-refractivity contribution in [3.63, 3.8) is 0 Å². The number of hydrogen-bond donors (Lipinski definition) is 0. The molecule has 0 aliphatic heterocycles. The predicted octanol–water partition coefficient (Wildman–Crippen LogP) is 3.29. The number of carbonyl (C=O) groups excluding carboxylic acids is 2. The second-order valence-electron chi connectivity index (χ2n) is 3.52. The summed E-state index contributed by atoms with van der Waals surface area (Å²) in [6, 6.07) is 15.4. The molecule has 18 heavy (non-hydrogen) atoms. The van der Waals surface area contributed by atoms with E-state index in [1.807, 2.05) is 28.7 Å². The summed E-state index contributed by atoms with van der Waals surface area (Å²) < 4.78 is 5.57. The average molecular weight is 352 g/mol. The molecule has 90 valence electrons. The van der Waals surface area contributed by atoms with Crippen LogP contribution < -0.4 is 0 Å². The van der Waals surface area contributed by atoms with Gasteiger partial charge in [-0.15, -0.1) is 0 Å². The molecule has 2 aromatic carbocycles. The van der Waals surface area contributed by atoms with Crippen LogP contribution in [0.1, 0.15) is 20.7 Å². The highest BCUT2D eigenvalue weighted by molar-refractivity contribution is 14.1. The molecule has 4 heteroatoms. The second-order valence-corrected chi connectivity index (χ2v) is 4.69. The zero-order valence-corrected chi connectivity index (χ0v) is 11.5. The third-order valence-corrected chi connectivity index (χ3v) is 3.23. The molecule has 0 heterocycles. The van der Waals surface area contributed by atoms with Crippen LogP contribution in [0.3, 0.4) is 0 Å². The van der Waals surface area contributed by atoms with E-state index < -0.39 is 11.9 Å². The standard InChI is InChI=1S/C14H9IO3/c15-12-9-5-4-8-11(12)14(17)18-13(16)10-6-2-1-3-7-10/h1-9H. The summed E-state index contributed by atoms with van der Waals surface area (Å²) in [5, 5.41) is 0. The smallest absolute Gasteiger partial charge is 0.347 e. The first-order chi connectivity index (χ1) is 8.68. The zero-order chi connectivity index (χ0) is 13.0. The van der Waals surface area contributed by atoms with Crippen molar-refractivity contribution in [1.82, 2.24) is 0 Å². The second kappa shape index (κ2) is 5.77. The fraction of sp³-hybridized carbons (Fsp3) is 0. The Hall–Kier alpha value is -1.69. The minimum absolute atomic E-state index is 0.358. The summed E-state index contributed by atoms with van der Waals surface area (Å²) >= 11 is 2.02. The first-order valence-electron chi connectivity index (χ1n) is 5.24. The number of hydrogen-bond acceptors (Lipinski definition) is 3. The van der Waals surface area contributed by atoms with Crippen LogP contribution in [0.5, 0.6) is 0 Å². The molecule has 0 amide bonds. The third-order valence-electron chi connectivity index (χ3n) is 2.29. The molecule has 0 spiro atoms. The van der Waals surface area contributed by atoms with Crippen molar-refractivity contribution in [2.45, 2.75) is 0 Å². The van der Waals surface area contributed by atoms with Gasteiger partial charge in [-0.3, -0.25) is 0 Å². The van der Waals surface area contributed by atoms with Gasteiger partial charge in [0.1, 0.15) is 0 Å². The van der Waals surface area contributed by atoms with Crippen molar-refractivity contribution in [3.05, 3.63) is 69.3 Å². The minimum atomic E-state index is -0.639. The van der Waals surface area contributed by atoms with Crippen molar-refractivity contribution < 1.29 is 14.3 Å². The molecule has 0 N–H and O–H groups in total. The van der Waals surface area contributed by atoms with Crippen molar-refractivity contribution in [2.75, 3.05) is 0 Å². The molecular formula is C14H9IO3. The lowest BCUT2D eigenvalue weighted by molar-refractivity contribution is 0.0397. The summed E-state index contributed by atoms with van der Waals surface area (Å²) in [4.78, 5) is 23.5. The molecule has 0 aromatic heterocycles. The molecule has 3 nitrogen and oxygen atoms in total. The van der Waals surface area contributed by atoms with Crippen LogP contribution in [0.25, 0.3) is 0 Å². The molecule has 0 bridgehead atoms. The summed E-state index contributed by atoms with van der Waals surface area (Å²) in [5.41, 5.74) is 0.749. The molecule has 0 aliphatic rings. The number of benzene rings is 2. The minimum Gasteiger partial charge on any atom is -0.386 e. The first kappa shape index (κ1) is 12.8. The number of ether oxygens (including phenoxy) is 1. The molecule has 0 aliphatic carbocycles. The number of rotatable bonds is 2. The molecule has 0 atom stereocenters. The Morgan fingerprint density at radius 3 is 2.11 bits per heavy atom. The van der Waals surface area contributed by atoms with E-state index >= 15 is 0 Å². The highest BCUT2D eigenvalue weighted by Gasteiger charge is 2.16. The van der Waals surface area contributed by atoms with Gasteiger partial charge in [-0.25, -0.2) is 9.59 Å². The molecule has 0 unspecified atom stereocenters. The quantitative estimate of drug-likeness (QED) is 0.473. The topological polar surface area (TPSA) is 43.4 Å². The van der Waals surface area contributed by atoms with E-state index in [-0.39, 0.29) is 0 Å². The maximum atomic E-state index is 11.8. The van der Waals surface area contributed by atoms with Crippen molar-refractivity contribution in [1.29, 1.82) is 0 Å². The SMILES string of the molecule is O=C(OC(=O)c1ccccc1I)c1ccccc1. The van der Waals surface area contributed by atoms with Crippen LogP contribution in [0.4, 0.5) is 0 Å². The number of halogens is 1. The molecule has 0 saturated heterocycles. The van der Waals surface area contributed by atoms with E-state index in [1.54, 1.807) is 48.5 Å². The third kappa shape index (κ3) is 2.95. The van der Waals surface area contributed by atoms with E-state index in [1.165, 1.54) is 0 Å². The number of esters is 2. The molecule has 0 fully saturated rings. The first-order valence-corrected chi connectivity index (χ1v) is 6.32. The van der Waals surface area contributed by atoms with Crippen molar-refractivity contribution in [3.8, 4) is 0 Å². The highest BCUT2D eigenvalue weighted by Crippen LogP contribution is 2.13. The molecule has 0 saturated carbocycles. The Morgan fingerprint density at radius 1 is 0.833 bits per heavy atom. The molecule has 2 aromatic rings. The van der Waals surface area contributed by atoms with E-state index in [4.69, 9.17) is 4.74 Å². The van der Waals surface area contributed by atoms with Crippen molar-refractivity contribution in [2.24, 2.45) is 0 Å². The molecular weight excluding hydrogens is 343 g/mol. The summed E-state index contributed by atoms with van der Waals surface area (Å²) in [5.74, 6) is -1.27. The Bertz CT molecular complexity index is 579. The van der Waals surface area contributed by atoms with Crippen LogP contribution in [-0.4, -0.2) is 11.9 Å². The van der Waals surface area contributed by atoms with Gasteiger partial charge in [-0.1, -0.05) is 30.3 Å². The normalized spacial score (nSPS) is 9.83. The summed E-state index contributed by atoms with van der Waals surface area (Å²) in [7, 11) is 0. The van der Waals surface area contributed by atoms with Gasteiger partial charge in [0.25, 0.3) is 0 Å². The van der Waals surface area contributed by atoms with Gasteiger partial charge < -0.3 is 4.74 Å². The van der Waals surface area contributed by atoms with Crippen LogP contribution in [-0.2, 0) is 4.74 Å². The van der Waals surface area contributed by atoms with E-state index in [2.05, 4.69) is 0 Å². The van der Waals surface area contributed by atoms with Crippen molar-refractivity contribution >= 4 is 34.5 Å². The summed E-state index contributed by atoms with van der Waals surface area (Å²) in [6.45, 7) is 0. The lowest BCUT2D eigenvalue weighted by Gasteiger charge is -2.04. The lowest BCUT2D eigenvalue weighted by atomic mass is 10.2. The van der Waals surface area contributed by atoms with E-state index in [0.29, 0.717) is 11.1 Å². The Kier molecular flexibility index (Phi) is 4.09. The Balaban J connectivity index is 2.14. The van der Waals surface area contributed by atoms with Gasteiger partial charge >= 0.3 is 11.9 Å². The zero-order valence-electron chi connectivity index (χ0n) is 9.30. The van der Waals surface area contributed by atoms with Crippen LogP contribution in [0, 0.1) is 3.57 Å². The molecule has 2 rings (SSSR count).